The van der Waals surface area contributed by atoms with Crippen molar-refractivity contribution in [3.63, 3.8) is 0 Å². The molecular formula is C15H21Br2NO3. The second-order valence-corrected chi connectivity index (χ2v) is 6.98. The van der Waals surface area contributed by atoms with E-state index in [0.29, 0.717) is 25.5 Å². The number of nitrogens with one attached hydrogen (secondary N) is 1. The topological polar surface area (TPSA) is 58.6 Å². The number of rotatable bonds is 8. The lowest BCUT2D eigenvalue weighted by molar-refractivity contribution is -0.140. The number of carboxylic acid groups (broad SMARTS) is 1. The van der Waals surface area contributed by atoms with Crippen molar-refractivity contribution >= 4 is 37.8 Å². The third kappa shape index (κ3) is 5.96. The molecular weight excluding hydrogens is 402 g/mol. The number of hydrogen-bond donors (Lipinski definition) is 2. The van der Waals surface area contributed by atoms with Crippen molar-refractivity contribution < 1.29 is 14.6 Å². The molecule has 2 N–H and O–H groups in total. The van der Waals surface area contributed by atoms with Gasteiger partial charge in [0, 0.05) is 16.6 Å². The molecule has 1 unspecified atom stereocenters. The van der Waals surface area contributed by atoms with Gasteiger partial charge in [-0.1, -0.05) is 29.8 Å². The molecule has 1 aromatic carbocycles. The van der Waals surface area contributed by atoms with Gasteiger partial charge in [0.2, 0.25) is 0 Å². The average Bonchev–Trinajstić information content (AvgIpc) is 2.37. The van der Waals surface area contributed by atoms with E-state index < -0.39 is 12.0 Å². The highest BCUT2D eigenvalue weighted by Crippen LogP contribution is 2.33. The van der Waals surface area contributed by atoms with E-state index in [-0.39, 0.29) is 0 Å². The molecule has 1 atom stereocenters. The van der Waals surface area contributed by atoms with Crippen molar-refractivity contribution in [2.75, 3.05) is 6.61 Å². The van der Waals surface area contributed by atoms with Gasteiger partial charge in [-0.3, -0.25) is 4.79 Å². The normalized spacial score (nSPS) is 12.5. The minimum absolute atomic E-state index is 0.319. The first-order valence-corrected chi connectivity index (χ1v) is 8.50. The predicted molar refractivity (Wildman–Crippen MR) is 90.7 cm³/mol. The highest BCUT2D eigenvalue weighted by atomic mass is 79.9. The van der Waals surface area contributed by atoms with E-state index in [0.717, 1.165) is 20.3 Å². The SMILES string of the molecule is CCOc1c(Br)cc(Br)cc1CNC(CC(C)C)C(=O)O. The zero-order valence-electron chi connectivity index (χ0n) is 12.5. The van der Waals surface area contributed by atoms with Crippen LogP contribution in [0.2, 0.25) is 0 Å². The monoisotopic (exact) mass is 421 g/mol. The molecule has 21 heavy (non-hydrogen) atoms. The van der Waals surface area contributed by atoms with E-state index in [2.05, 4.69) is 37.2 Å². The molecule has 0 aromatic heterocycles. The molecule has 0 bridgehead atoms. The van der Waals surface area contributed by atoms with Crippen molar-refractivity contribution in [1.29, 1.82) is 0 Å². The Balaban J connectivity index is 2.88. The fraction of sp³-hybridized carbons (Fsp3) is 0.533. The smallest absolute Gasteiger partial charge is 0.320 e. The maximum atomic E-state index is 11.3. The van der Waals surface area contributed by atoms with E-state index >= 15 is 0 Å². The highest BCUT2D eigenvalue weighted by molar-refractivity contribution is 9.11. The number of carbonyl (C=O) groups is 1. The van der Waals surface area contributed by atoms with Gasteiger partial charge in [-0.25, -0.2) is 0 Å². The van der Waals surface area contributed by atoms with E-state index in [1.54, 1.807) is 0 Å². The van der Waals surface area contributed by atoms with E-state index in [1.165, 1.54) is 0 Å². The van der Waals surface area contributed by atoms with E-state index in [1.807, 2.05) is 32.9 Å². The first kappa shape index (κ1) is 18.5. The molecule has 118 valence electrons. The van der Waals surface area contributed by atoms with Crippen LogP contribution in [0.3, 0.4) is 0 Å². The summed E-state index contributed by atoms with van der Waals surface area (Å²) < 4.78 is 7.42. The molecule has 0 aliphatic rings. The molecule has 0 amide bonds. The molecule has 4 nitrogen and oxygen atoms in total. The molecule has 1 aromatic rings. The lowest BCUT2D eigenvalue weighted by Crippen LogP contribution is -2.37. The summed E-state index contributed by atoms with van der Waals surface area (Å²) in [5.41, 5.74) is 0.924. The lowest BCUT2D eigenvalue weighted by atomic mass is 10.0. The Hall–Kier alpha value is -0.590. The molecule has 0 saturated heterocycles. The van der Waals surface area contributed by atoms with Crippen LogP contribution in [0.25, 0.3) is 0 Å². The number of carboxylic acids is 1. The van der Waals surface area contributed by atoms with Gasteiger partial charge in [-0.15, -0.1) is 0 Å². The summed E-state index contributed by atoms with van der Waals surface area (Å²) in [5, 5.41) is 12.4. The Kier molecular flexibility index (Phi) is 7.70. The number of aliphatic carboxylic acids is 1. The van der Waals surface area contributed by atoms with E-state index in [4.69, 9.17) is 4.74 Å². The van der Waals surface area contributed by atoms with Crippen LogP contribution in [-0.2, 0) is 11.3 Å². The first-order valence-electron chi connectivity index (χ1n) is 6.92. The Labute approximate surface area is 142 Å². The Morgan fingerprint density at radius 2 is 2.05 bits per heavy atom. The maximum absolute atomic E-state index is 11.3. The molecule has 6 heteroatoms. The third-order valence-corrected chi connectivity index (χ3v) is 3.96. The van der Waals surface area contributed by atoms with Crippen molar-refractivity contribution in [2.45, 2.75) is 39.8 Å². The van der Waals surface area contributed by atoms with Gasteiger partial charge in [0.15, 0.2) is 0 Å². The summed E-state index contributed by atoms with van der Waals surface area (Å²) in [4.78, 5) is 11.3. The van der Waals surface area contributed by atoms with Crippen molar-refractivity contribution in [3.8, 4) is 5.75 Å². The van der Waals surface area contributed by atoms with Crippen LogP contribution < -0.4 is 10.1 Å². The fourth-order valence-electron chi connectivity index (χ4n) is 2.03. The third-order valence-electron chi connectivity index (χ3n) is 2.92. The summed E-state index contributed by atoms with van der Waals surface area (Å²) in [7, 11) is 0. The molecule has 0 radical (unpaired) electrons. The fourth-order valence-corrected chi connectivity index (χ4v) is 3.46. The predicted octanol–water partition coefficient (Wildman–Crippen LogP) is 4.20. The highest BCUT2D eigenvalue weighted by Gasteiger charge is 2.19. The Bertz CT molecular complexity index is 492. The zero-order valence-corrected chi connectivity index (χ0v) is 15.6. The summed E-state index contributed by atoms with van der Waals surface area (Å²) in [6.07, 6.45) is 0.592. The van der Waals surface area contributed by atoms with Crippen LogP contribution in [0, 0.1) is 5.92 Å². The molecule has 1 rings (SSSR count). The van der Waals surface area contributed by atoms with Crippen LogP contribution in [-0.4, -0.2) is 23.7 Å². The van der Waals surface area contributed by atoms with E-state index in [9.17, 15) is 9.90 Å². The first-order chi connectivity index (χ1) is 9.85. The molecule has 0 spiro atoms. The zero-order chi connectivity index (χ0) is 16.0. The molecule has 0 fully saturated rings. The molecule has 0 aliphatic heterocycles. The van der Waals surface area contributed by atoms with Crippen molar-refractivity contribution in [3.05, 3.63) is 26.6 Å². The lowest BCUT2D eigenvalue weighted by Gasteiger charge is -2.18. The Morgan fingerprint density at radius 3 is 2.57 bits per heavy atom. The summed E-state index contributed by atoms with van der Waals surface area (Å²) in [5.74, 6) is 0.247. The van der Waals surface area contributed by atoms with Crippen molar-refractivity contribution in [2.24, 2.45) is 5.92 Å². The maximum Gasteiger partial charge on any atom is 0.320 e. The number of benzene rings is 1. The minimum atomic E-state index is -0.823. The van der Waals surface area contributed by atoms with Crippen LogP contribution >= 0.6 is 31.9 Å². The van der Waals surface area contributed by atoms with Crippen molar-refractivity contribution in [1.82, 2.24) is 5.32 Å². The second kappa shape index (κ2) is 8.76. The second-order valence-electron chi connectivity index (χ2n) is 5.21. The van der Waals surface area contributed by atoms with Gasteiger partial charge in [-0.2, -0.15) is 0 Å². The molecule has 0 aliphatic carbocycles. The largest absolute Gasteiger partial charge is 0.492 e. The average molecular weight is 423 g/mol. The number of ether oxygens (including phenoxy) is 1. The summed E-state index contributed by atoms with van der Waals surface area (Å²) in [6.45, 7) is 6.95. The molecule has 0 heterocycles. The van der Waals surface area contributed by atoms with Crippen LogP contribution in [0.1, 0.15) is 32.8 Å². The van der Waals surface area contributed by atoms with Gasteiger partial charge >= 0.3 is 5.97 Å². The number of hydrogen-bond acceptors (Lipinski definition) is 3. The minimum Gasteiger partial charge on any atom is -0.492 e. The quantitative estimate of drug-likeness (QED) is 0.659. The van der Waals surface area contributed by atoms with Crippen LogP contribution in [0.4, 0.5) is 0 Å². The molecule has 0 saturated carbocycles. The van der Waals surface area contributed by atoms with Gasteiger partial charge in [0.25, 0.3) is 0 Å². The van der Waals surface area contributed by atoms with Gasteiger partial charge in [0.05, 0.1) is 11.1 Å². The van der Waals surface area contributed by atoms with Crippen LogP contribution in [0.15, 0.2) is 21.1 Å². The van der Waals surface area contributed by atoms with Crippen LogP contribution in [0.5, 0.6) is 5.75 Å². The van der Waals surface area contributed by atoms with Gasteiger partial charge < -0.3 is 15.2 Å². The van der Waals surface area contributed by atoms with Gasteiger partial charge in [0.1, 0.15) is 11.8 Å². The summed E-state index contributed by atoms with van der Waals surface area (Å²) in [6, 6.07) is 3.30. The van der Waals surface area contributed by atoms with Gasteiger partial charge in [-0.05, 0) is 47.3 Å². The Morgan fingerprint density at radius 1 is 1.38 bits per heavy atom. The summed E-state index contributed by atoms with van der Waals surface area (Å²) >= 11 is 6.92. The standard InChI is InChI=1S/C15H21Br2NO3/c1-4-21-14-10(6-11(16)7-12(14)17)8-18-13(15(19)20)5-9(2)3/h6-7,9,13,18H,4-5,8H2,1-3H3,(H,19,20). The number of halogens is 2.